The third-order valence-electron chi connectivity index (χ3n) is 8.73. The average molecular weight is 398 g/mol. The standard InChI is InChI=1S/C23H31N3O3/c1-13-15-6-14-7-16(13)19-10-23(2,9-18(15)17(19)8-14)25-21(28)11-26-5-3-4-20(22(26)29)24-12-27/h3-5,12-19H,6-11H2,1-2H3,(H,24,27)(H,25,28). The van der Waals surface area contributed by atoms with Crippen LogP contribution in [0, 0.1) is 41.4 Å². The summed E-state index contributed by atoms with van der Waals surface area (Å²) in [5.41, 5.74) is -0.356. The van der Waals surface area contributed by atoms with E-state index in [4.69, 9.17) is 0 Å². The maximum atomic E-state index is 12.9. The van der Waals surface area contributed by atoms with Crippen molar-refractivity contribution in [3.8, 4) is 0 Å². The van der Waals surface area contributed by atoms with Gasteiger partial charge in [0.1, 0.15) is 12.2 Å². The van der Waals surface area contributed by atoms with Crippen molar-refractivity contribution < 1.29 is 9.59 Å². The van der Waals surface area contributed by atoms with E-state index in [1.54, 1.807) is 18.3 Å². The fraction of sp³-hybridized carbons (Fsp3) is 0.696. The molecule has 0 saturated heterocycles. The van der Waals surface area contributed by atoms with Gasteiger partial charge in [-0.1, -0.05) is 6.92 Å². The van der Waals surface area contributed by atoms with Crippen molar-refractivity contribution in [2.45, 2.75) is 58.0 Å². The third-order valence-corrected chi connectivity index (χ3v) is 8.73. The van der Waals surface area contributed by atoms with E-state index in [2.05, 4.69) is 24.5 Å². The van der Waals surface area contributed by atoms with Crippen molar-refractivity contribution in [2.75, 3.05) is 5.32 Å². The Kier molecular flexibility index (Phi) is 4.37. The van der Waals surface area contributed by atoms with Gasteiger partial charge < -0.3 is 15.2 Å². The lowest BCUT2D eigenvalue weighted by molar-refractivity contribution is -0.165. The Morgan fingerprint density at radius 3 is 2.48 bits per heavy atom. The number of carbonyl (C=O) groups excluding carboxylic acids is 2. The monoisotopic (exact) mass is 397 g/mol. The molecule has 2 N–H and O–H groups in total. The quantitative estimate of drug-likeness (QED) is 0.750. The van der Waals surface area contributed by atoms with E-state index in [1.807, 2.05) is 0 Å². The minimum absolute atomic E-state index is 0.0209. The first-order chi connectivity index (χ1) is 13.9. The van der Waals surface area contributed by atoms with E-state index in [9.17, 15) is 14.4 Å². The molecule has 0 radical (unpaired) electrons. The van der Waals surface area contributed by atoms with Crippen LogP contribution in [0.4, 0.5) is 5.69 Å². The number of hydrogen-bond acceptors (Lipinski definition) is 3. The molecule has 6 heteroatoms. The first kappa shape index (κ1) is 18.9. The molecule has 1 aromatic rings. The Balaban J connectivity index is 1.31. The molecule has 5 saturated carbocycles. The first-order valence-corrected chi connectivity index (χ1v) is 11.1. The number of nitrogens with one attached hydrogen (secondary N) is 2. The lowest BCUT2D eigenvalue weighted by Crippen LogP contribution is -2.64. The molecule has 2 amide bonds. The molecule has 5 fully saturated rings. The van der Waals surface area contributed by atoms with Gasteiger partial charge in [-0.2, -0.15) is 0 Å². The summed E-state index contributed by atoms with van der Waals surface area (Å²) in [6.07, 6.45) is 8.39. The predicted octanol–water partition coefficient (Wildman–Crippen LogP) is 2.63. The summed E-state index contributed by atoms with van der Waals surface area (Å²) in [5, 5.41) is 5.70. The minimum atomic E-state index is -0.357. The molecule has 0 aromatic carbocycles. The molecule has 6 nitrogen and oxygen atoms in total. The van der Waals surface area contributed by atoms with Crippen LogP contribution < -0.4 is 16.2 Å². The average Bonchev–Trinajstić information content (AvgIpc) is 2.67. The van der Waals surface area contributed by atoms with Crippen LogP contribution in [-0.4, -0.2) is 22.4 Å². The number of hydrogen-bond donors (Lipinski definition) is 2. The van der Waals surface area contributed by atoms with Crippen molar-refractivity contribution in [1.29, 1.82) is 0 Å². The van der Waals surface area contributed by atoms with Crippen LogP contribution in [0.2, 0.25) is 0 Å². The fourth-order valence-electron chi connectivity index (χ4n) is 7.82. The van der Waals surface area contributed by atoms with Crippen molar-refractivity contribution in [2.24, 2.45) is 41.4 Å². The maximum Gasteiger partial charge on any atom is 0.274 e. The highest BCUT2D eigenvalue weighted by molar-refractivity contribution is 5.77. The van der Waals surface area contributed by atoms with Gasteiger partial charge in [0.05, 0.1) is 0 Å². The van der Waals surface area contributed by atoms with E-state index < -0.39 is 0 Å². The topological polar surface area (TPSA) is 80.2 Å². The molecule has 0 spiro atoms. The molecule has 5 aliphatic carbocycles. The summed E-state index contributed by atoms with van der Waals surface area (Å²) in [6.45, 7) is 4.66. The van der Waals surface area contributed by atoms with E-state index in [1.165, 1.54) is 23.8 Å². The Morgan fingerprint density at radius 1 is 1.17 bits per heavy atom. The molecule has 4 atom stereocenters. The van der Waals surface area contributed by atoms with E-state index in [0.717, 1.165) is 54.3 Å². The lowest BCUT2D eigenvalue weighted by Gasteiger charge is -2.66. The van der Waals surface area contributed by atoms with Crippen molar-refractivity contribution in [3.05, 3.63) is 28.7 Å². The second-order valence-corrected chi connectivity index (χ2v) is 10.4. The molecule has 6 bridgehead atoms. The predicted molar refractivity (Wildman–Crippen MR) is 110 cm³/mol. The summed E-state index contributed by atoms with van der Waals surface area (Å²) in [4.78, 5) is 35.9. The van der Waals surface area contributed by atoms with E-state index >= 15 is 0 Å². The molecule has 29 heavy (non-hydrogen) atoms. The maximum absolute atomic E-state index is 12.9. The molecule has 4 unspecified atom stereocenters. The van der Waals surface area contributed by atoms with Gasteiger partial charge >= 0.3 is 0 Å². The number of carbonyl (C=O) groups is 2. The van der Waals surface area contributed by atoms with Gasteiger partial charge in [0, 0.05) is 11.7 Å². The normalized spacial score (nSPS) is 41.8. The minimum Gasteiger partial charge on any atom is -0.349 e. The zero-order valence-corrected chi connectivity index (χ0v) is 17.3. The number of pyridine rings is 1. The largest absolute Gasteiger partial charge is 0.349 e. The Hall–Kier alpha value is -2.11. The van der Waals surface area contributed by atoms with Crippen molar-refractivity contribution >= 4 is 18.0 Å². The smallest absolute Gasteiger partial charge is 0.274 e. The summed E-state index contributed by atoms with van der Waals surface area (Å²) in [7, 11) is 0. The second-order valence-electron chi connectivity index (χ2n) is 10.4. The summed E-state index contributed by atoms with van der Waals surface area (Å²) in [5.74, 6) is 5.68. The summed E-state index contributed by atoms with van der Waals surface area (Å²) in [6, 6.07) is 3.21. The van der Waals surface area contributed by atoms with Gasteiger partial charge in [-0.3, -0.25) is 14.4 Å². The highest BCUT2D eigenvalue weighted by Gasteiger charge is 2.61. The lowest BCUT2D eigenvalue weighted by atomic mass is 9.40. The number of amides is 2. The van der Waals surface area contributed by atoms with Crippen molar-refractivity contribution in [3.63, 3.8) is 0 Å². The van der Waals surface area contributed by atoms with E-state index in [-0.39, 0.29) is 29.2 Å². The van der Waals surface area contributed by atoms with Crippen LogP contribution in [0.25, 0.3) is 0 Å². The van der Waals surface area contributed by atoms with Crippen molar-refractivity contribution in [1.82, 2.24) is 9.88 Å². The number of nitrogens with zero attached hydrogens (tertiary/aromatic N) is 1. The fourth-order valence-corrected chi connectivity index (χ4v) is 7.82. The molecule has 1 heterocycles. The molecule has 6 rings (SSSR count). The van der Waals surface area contributed by atoms with Crippen LogP contribution >= 0.6 is 0 Å². The Bertz CT molecular complexity index is 856. The van der Waals surface area contributed by atoms with Gasteiger partial charge in [0.15, 0.2) is 0 Å². The van der Waals surface area contributed by atoms with Gasteiger partial charge in [0.25, 0.3) is 5.56 Å². The molecule has 1 aromatic heterocycles. The molecule has 0 aliphatic heterocycles. The van der Waals surface area contributed by atoms with Crippen LogP contribution in [0.1, 0.15) is 46.0 Å². The number of rotatable bonds is 5. The summed E-state index contributed by atoms with van der Waals surface area (Å²) >= 11 is 0. The second kappa shape index (κ2) is 6.71. The highest BCUT2D eigenvalue weighted by Crippen LogP contribution is 2.66. The van der Waals surface area contributed by atoms with Gasteiger partial charge in [-0.05, 0) is 92.6 Å². The molecular weight excluding hydrogens is 366 g/mol. The van der Waals surface area contributed by atoms with Crippen LogP contribution in [0.3, 0.4) is 0 Å². The molecular formula is C23H31N3O3. The number of aromatic nitrogens is 1. The Labute approximate surface area is 171 Å². The van der Waals surface area contributed by atoms with Gasteiger partial charge in [-0.25, -0.2) is 0 Å². The summed E-state index contributed by atoms with van der Waals surface area (Å²) < 4.78 is 1.36. The highest BCUT2D eigenvalue weighted by atomic mass is 16.2. The van der Waals surface area contributed by atoms with Crippen LogP contribution in [0.5, 0.6) is 0 Å². The van der Waals surface area contributed by atoms with Crippen LogP contribution in [0.15, 0.2) is 23.1 Å². The first-order valence-electron chi connectivity index (χ1n) is 11.1. The molecule has 5 aliphatic rings. The third kappa shape index (κ3) is 3.03. The van der Waals surface area contributed by atoms with E-state index in [0.29, 0.717) is 6.41 Å². The van der Waals surface area contributed by atoms with Crippen LogP contribution in [-0.2, 0) is 16.1 Å². The Morgan fingerprint density at radius 2 is 1.83 bits per heavy atom. The SMILES string of the molecule is CC1C2CC3CC1C1CC(C)(NC(=O)Cn4cccc(NC=O)c4=O)CC2C1C3. The molecule has 156 valence electrons. The zero-order chi connectivity index (χ0) is 20.3. The number of anilines is 1. The van der Waals surface area contributed by atoms with Gasteiger partial charge in [-0.15, -0.1) is 0 Å². The van der Waals surface area contributed by atoms with Gasteiger partial charge in [0.2, 0.25) is 12.3 Å². The zero-order valence-electron chi connectivity index (χ0n) is 17.3.